The van der Waals surface area contributed by atoms with Crippen molar-refractivity contribution in [1.82, 2.24) is 0 Å². The Morgan fingerprint density at radius 1 is 1.47 bits per heavy atom. The van der Waals surface area contributed by atoms with Crippen molar-refractivity contribution in [3.8, 4) is 0 Å². The zero-order valence-electron chi connectivity index (χ0n) is 8.81. The predicted molar refractivity (Wildman–Crippen MR) is 56.1 cm³/mol. The minimum atomic E-state index is -0.343. The molecular weight excluding hydrogens is 192 g/mol. The second kappa shape index (κ2) is 3.57. The largest absolute Gasteiger partial charge is 0.508 e. The van der Waals surface area contributed by atoms with E-state index >= 15 is 0 Å². The molecule has 0 aromatic carbocycles. The second-order valence-corrected chi connectivity index (χ2v) is 4.18. The number of aliphatic hydroxyl groups is 1. The van der Waals surface area contributed by atoms with Gasteiger partial charge in [-0.05, 0) is 23.6 Å². The van der Waals surface area contributed by atoms with Crippen molar-refractivity contribution in [2.75, 3.05) is 0 Å². The van der Waals surface area contributed by atoms with Gasteiger partial charge in [-0.25, -0.2) is 4.79 Å². The molecule has 3 nitrogen and oxygen atoms in total. The molecule has 0 radical (unpaired) electrons. The Balaban J connectivity index is 2.35. The third-order valence-corrected chi connectivity index (χ3v) is 2.75. The molecule has 2 rings (SSSR count). The van der Waals surface area contributed by atoms with Gasteiger partial charge in [0.25, 0.3) is 0 Å². The van der Waals surface area contributed by atoms with Gasteiger partial charge in [-0.1, -0.05) is 19.9 Å². The minimum absolute atomic E-state index is 0.0820. The van der Waals surface area contributed by atoms with Crippen LogP contribution in [0.5, 0.6) is 0 Å². The van der Waals surface area contributed by atoms with Crippen LogP contribution in [0.15, 0.2) is 35.6 Å². The summed E-state index contributed by atoms with van der Waals surface area (Å²) in [5, 5.41) is 9.32. The lowest BCUT2D eigenvalue weighted by Gasteiger charge is -2.32. The highest BCUT2D eigenvalue weighted by molar-refractivity contribution is 5.84. The van der Waals surface area contributed by atoms with Crippen LogP contribution in [0.3, 0.4) is 0 Å². The van der Waals surface area contributed by atoms with E-state index in [1.165, 1.54) is 0 Å². The molecule has 2 aliphatic rings. The number of allylic oxidation sites excluding steroid dienone is 1. The molecule has 15 heavy (non-hydrogen) atoms. The van der Waals surface area contributed by atoms with Gasteiger partial charge in [0.05, 0.1) is 0 Å². The van der Waals surface area contributed by atoms with Crippen molar-refractivity contribution in [3.05, 3.63) is 35.6 Å². The zero-order chi connectivity index (χ0) is 11.0. The van der Waals surface area contributed by atoms with E-state index in [0.29, 0.717) is 5.92 Å². The van der Waals surface area contributed by atoms with Crippen LogP contribution in [-0.2, 0) is 9.53 Å². The summed E-state index contributed by atoms with van der Waals surface area (Å²) in [6.45, 7) is 4.10. The summed E-state index contributed by atoms with van der Waals surface area (Å²) in [5.41, 5.74) is 1.07. The summed E-state index contributed by atoms with van der Waals surface area (Å²) in [4.78, 5) is 11.3. The molecule has 0 saturated heterocycles. The average molecular weight is 206 g/mol. The number of fused-ring (bicyclic) bond motifs is 1. The maximum absolute atomic E-state index is 11.3. The highest BCUT2D eigenvalue weighted by Crippen LogP contribution is 2.33. The molecule has 1 aliphatic heterocycles. The average Bonchev–Trinajstić information content (AvgIpc) is 2.15. The summed E-state index contributed by atoms with van der Waals surface area (Å²) >= 11 is 0. The summed E-state index contributed by atoms with van der Waals surface area (Å²) in [7, 11) is 0. The Hall–Kier alpha value is -1.51. The summed E-state index contributed by atoms with van der Waals surface area (Å²) < 4.78 is 5.14. The number of aliphatic hydroxyl groups excluding tert-OH is 1. The fraction of sp³-hybridized carbons (Fsp3) is 0.417. The number of carbonyl (C=O) groups excluding carboxylic acids is 1. The minimum Gasteiger partial charge on any atom is -0.508 e. The van der Waals surface area contributed by atoms with Crippen molar-refractivity contribution in [1.29, 1.82) is 0 Å². The van der Waals surface area contributed by atoms with E-state index in [0.717, 1.165) is 5.57 Å². The molecular formula is C12H14O3. The molecule has 0 bridgehead atoms. The fourth-order valence-electron chi connectivity index (χ4n) is 2.00. The third-order valence-electron chi connectivity index (χ3n) is 2.75. The van der Waals surface area contributed by atoms with E-state index in [1.54, 1.807) is 18.2 Å². The van der Waals surface area contributed by atoms with Gasteiger partial charge in [0, 0.05) is 12.0 Å². The molecule has 0 aromatic rings. The van der Waals surface area contributed by atoms with Crippen molar-refractivity contribution < 1.29 is 14.6 Å². The first-order valence-corrected chi connectivity index (χ1v) is 5.09. The molecule has 1 heterocycles. The van der Waals surface area contributed by atoms with Gasteiger partial charge in [-0.15, -0.1) is 0 Å². The third kappa shape index (κ3) is 1.82. The van der Waals surface area contributed by atoms with Gasteiger partial charge in [-0.2, -0.15) is 0 Å². The summed E-state index contributed by atoms with van der Waals surface area (Å²) in [5.74, 6) is 0.232. The van der Waals surface area contributed by atoms with Crippen molar-refractivity contribution in [2.24, 2.45) is 11.8 Å². The number of rotatable bonds is 1. The smallest absolute Gasteiger partial charge is 0.331 e. The Labute approximate surface area is 88.7 Å². The van der Waals surface area contributed by atoms with E-state index in [2.05, 4.69) is 0 Å². The monoisotopic (exact) mass is 206 g/mol. The second-order valence-electron chi connectivity index (χ2n) is 4.18. The Kier molecular flexibility index (Phi) is 2.39. The van der Waals surface area contributed by atoms with Crippen LogP contribution in [0.4, 0.5) is 0 Å². The molecule has 0 aromatic heterocycles. The molecule has 0 saturated carbocycles. The molecule has 80 valence electrons. The lowest BCUT2D eigenvalue weighted by Crippen LogP contribution is -2.33. The number of ether oxygens (including phenoxy) is 1. The predicted octanol–water partition coefficient (Wildman–Crippen LogP) is 2.12. The lowest BCUT2D eigenvalue weighted by atomic mass is 9.82. The highest BCUT2D eigenvalue weighted by Gasteiger charge is 2.32. The van der Waals surface area contributed by atoms with E-state index in [9.17, 15) is 9.90 Å². The van der Waals surface area contributed by atoms with Gasteiger partial charge in [0.2, 0.25) is 0 Å². The quantitative estimate of drug-likeness (QED) is 0.668. The van der Waals surface area contributed by atoms with Crippen molar-refractivity contribution in [3.63, 3.8) is 0 Å². The molecule has 2 unspecified atom stereocenters. The van der Waals surface area contributed by atoms with Gasteiger partial charge >= 0.3 is 5.97 Å². The summed E-state index contributed by atoms with van der Waals surface area (Å²) in [6, 6.07) is 0. The van der Waals surface area contributed by atoms with Gasteiger partial charge < -0.3 is 9.84 Å². The first kappa shape index (κ1) is 10.0. The molecule has 1 N–H and O–H groups in total. The number of carbonyl (C=O) groups is 1. The molecule has 0 spiro atoms. The zero-order valence-corrected chi connectivity index (χ0v) is 8.81. The fourth-order valence-corrected chi connectivity index (χ4v) is 2.00. The molecule has 0 amide bonds. The van der Waals surface area contributed by atoms with Crippen LogP contribution in [0.25, 0.3) is 0 Å². The maximum atomic E-state index is 11.3. The number of hydrogen-bond donors (Lipinski definition) is 1. The summed E-state index contributed by atoms with van der Waals surface area (Å²) in [6.07, 6.45) is 6.34. The molecule has 3 heteroatoms. The first-order valence-electron chi connectivity index (χ1n) is 5.09. The van der Waals surface area contributed by atoms with Crippen LogP contribution >= 0.6 is 0 Å². The molecule has 1 aliphatic carbocycles. The van der Waals surface area contributed by atoms with E-state index in [1.807, 2.05) is 19.9 Å². The van der Waals surface area contributed by atoms with Gasteiger partial charge in [0.1, 0.15) is 11.9 Å². The normalized spacial score (nSPS) is 29.4. The Morgan fingerprint density at radius 2 is 2.20 bits per heavy atom. The first-order chi connectivity index (χ1) is 7.08. The Bertz CT molecular complexity index is 374. The van der Waals surface area contributed by atoms with Crippen LogP contribution < -0.4 is 0 Å². The SMILES string of the molecule is CC(C)C1=CC(=O)OC2C=C(O)C=CC12. The highest BCUT2D eigenvalue weighted by atomic mass is 16.5. The topological polar surface area (TPSA) is 46.5 Å². The van der Waals surface area contributed by atoms with Crippen molar-refractivity contribution >= 4 is 5.97 Å². The van der Waals surface area contributed by atoms with Crippen LogP contribution in [0.1, 0.15) is 13.8 Å². The lowest BCUT2D eigenvalue weighted by molar-refractivity contribution is -0.143. The van der Waals surface area contributed by atoms with Crippen LogP contribution in [0, 0.1) is 11.8 Å². The van der Waals surface area contributed by atoms with E-state index in [-0.39, 0.29) is 23.8 Å². The molecule has 2 atom stereocenters. The van der Waals surface area contributed by atoms with Gasteiger partial charge in [-0.3, -0.25) is 0 Å². The maximum Gasteiger partial charge on any atom is 0.331 e. The number of esters is 1. The standard InChI is InChI=1S/C12H14O3/c1-7(2)10-6-12(14)15-11-5-8(13)3-4-9(10)11/h3-7,9,11,13H,1-2H3. The number of hydrogen-bond acceptors (Lipinski definition) is 3. The van der Waals surface area contributed by atoms with E-state index < -0.39 is 0 Å². The van der Waals surface area contributed by atoms with Crippen LogP contribution in [-0.4, -0.2) is 17.2 Å². The van der Waals surface area contributed by atoms with Crippen LogP contribution in [0.2, 0.25) is 0 Å². The van der Waals surface area contributed by atoms with Gasteiger partial charge in [0.15, 0.2) is 0 Å². The Morgan fingerprint density at radius 3 is 2.87 bits per heavy atom. The molecule has 0 fully saturated rings. The van der Waals surface area contributed by atoms with Crippen molar-refractivity contribution in [2.45, 2.75) is 20.0 Å². The van der Waals surface area contributed by atoms with E-state index in [4.69, 9.17) is 4.74 Å².